The SMILES string of the molecule is CNc1ncc(Br)c(Nc2cc(C)ccc2F)n1. The number of nitrogens with zero attached hydrogens (tertiary/aromatic N) is 2. The number of aryl methyl sites for hydroxylation is 1. The van der Waals surface area contributed by atoms with Gasteiger partial charge in [-0.2, -0.15) is 4.98 Å². The molecule has 0 atom stereocenters. The van der Waals surface area contributed by atoms with Crippen molar-refractivity contribution < 1.29 is 4.39 Å². The van der Waals surface area contributed by atoms with Crippen LogP contribution in [0.3, 0.4) is 0 Å². The summed E-state index contributed by atoms with van der Waals surface area (Å²) in [6.45, 7) is 1.90. The predicted molar refractivity (Wildman–Crippen MR) is 73.7 cm³/mol. The lowest BCUT2D eigenvalue weighted by Crippen LogP contribution is -2.02. The zero-order valence-electron chi connectivity index (χ0n) is 9.96. The van der Waals surface area contributed by atoms with E-state index in [0.29, 0.717) is 21.9 Å². The maximum atomic E-state index is 13.6. The van der Waals surface area contributed by atoms with Crippen LogP contribution in [0.4, 0.5) is 21.8 Å². The Morgan fingerprint density at radius 3 is 2.83 bits per heavy atom. The van der Waals surface area contributed by atoms with Gasteiger partial charge in [-0.15, -0.1) is 0 Å². The standard InChI is InChI=1S/C12H12BrFN4/c1-7-3-4-9(14)10(5-7)17-11-8(13)6-16-12(15-2)18-11/h3-6H,1-2H3,(H2,15,16,17,18). The smallest absolute Gasteiger partial charge is 0.224 e. The molecule has 0 aliphatic carbocycles. The van der Waals surface area contributed by atoms with E-state index in [9.17, 15) is 4.39 Å². The molecular formula is C12H12BrFN4. The van der Waals surface area contributed by atoms with E-state index in [1.807, 2.05) is 6.92 Å². The minimum Gasteiger partial charge on any atom is -0.357 e. The molecule has 4 nitrogen and oxygen atoms in total. The summed E-state index contributed by atoms with van der Waals surface area (Å²) < 4.78 is 14.3. The van der Waals surface area contributed by atoms with Crippen molar-refractivity contribution in [3.05, 3.63) is 40.2 Å². The summed E-state index contributed by atoms with van der Waals surface area (Å²) >= 11 is 3.32. The van der Waals surface area contributed by atoms with Crippen LogP contribution in [0.25, 0.3) is 0 Å². The van der Waals surface area contributed by atoms with Gasteiger partial charge in [0.05, 0.1) is 10.2 Å². The van der Waals surface area contributed by atoms with Crippen LogP contribution in [-0.2, 0) is 0 Å². The Bertz CT molecular complexity index is 574. The number of aromatic nitrogens is 2. The number of rotatable bonds is 3. The molecule has 0 bridgehead atoms. The predicted octanol–water partition coefficient (Wildman–Crippen LogP) is 3.47. The van der Waals surface area contributed by atoms with Crippen LogP contribution in [0.5, 0.6) is 0 Å². The number of anilines is 3. The molecule has 2 N–H and O–H groups in total. The highest BCUT2D eigenvalue weighted by Gasteiger charge is 2.08. The normalized spacial score (nSPS) is 10.2. The van der Waals surface area contributed by atoms with Crippen molar-refractivity contribution >= 4 is 33.4 Å². The van der Waals surface area contributed by atoms with Gasteiger partial charge in [-0.3, -0.25) is 0 Å². The largest absolute Gasteiger partial charge is 0.357 e. The number of hydrogen-bond donors (Lipinski definition) is 2. The highest BCUT2D eigenvalue weighted by atomic mass is 79.9. The van der Waals surface area contributed by atoms with Crippen molar-refractivity contribution in [3.8, 4) is 0 Å². The molecule has 0 aliphatic rings. The van der Waals surface area contributed by atoms with Crippen molar-refractivity contribution in [1.82, 2.24) is 9.97 Å². The molecule has 0 aliphatic heterocycles. The van der Waals surface area contributed by atoms with E-state index in [-0.39, 0.29) is 5.82 Å². The summed E-state index contributed by atoms with van der Waals surface area (Å²) in [5.74, 6) is 0.657. The second-order valence-corrected chi connectivity index (χ2v) is 4.60. The quantitative estimate of drug-likeness (QED) is 0.911. The lowest BCUT2D eigenvalue weighted by Gasteiger charge is -2.10. The van der Waals surface area contributed by atoms with Crippen LogP contribution in [0.15, 0.2) is 28.9 Å². The molecule has 2 rings (SSSR count). The molecule has 0 amide bonds. The van der Waals surface area contributed by atoms with Gasteiger partial charge >= 0.3 is 0 Å². The molecule has 0 unspecified atom stereocenters. The summed E-state index contributed by atoms with van der Waals surface area (Å²) in [5, 5.41) is 5.77. The van der Waals surface area contributed by atoms with Crippen molar-refractivity contribution in [1.29, 1.82) is 0 Å². The third-order valence-corrected chi connectivity index (χ3v) is 2.92. The van der Waals surface area contributed by atoms with Crippen molar-refractivity contribution in [2.45, 2.75) is 6.92 Å². The molecule has 1 heterocycles. The van der Waals surface area contributed by atoms with E-state index >= 15 is 0 Å². The molecule has 0 saturated carbocycles. The average molecular weight is 311 g/mol. The van der Waals surface area contributed by atoms with E-state index in [1.54, 1.807) is 25.4 Å². The van der Waals surface area contributed by atoms with Gasteiger partial charge in [0.1, 0.15) is 11.6 Å². The number of halogens is 2. The van der Waals surface area contributed by atoms with Gasteiger partial charge in [-0.05, 0) is 40.5 Å². The minimum atomic E-state index is -0.322. The molecule has 0 radical (unpaired) electrons. The lowest BCUT2D eigenvalue weighted by atomic mass is 10.2. The highest BCUT2D eigenvalue weighted by molar-refractivity contribution is 9.10. The van der Waals surface area contributed by atoms with Gasteiger partial charge in [-0.1, -0.05) is 6.07 Å². The van der Waals surface area contributed by atoms with Crippen LogP contribution in [-0.4, -0.2) is 17.0 Å². The summed E-state index contributed by atoms with van der Waals surface area (Å²) in [6.07, 6.45) is 1.61. The van der Waals surface area contributed by atoms with Crippen LogP contribution in [0, 0.1) is 12.7 Å². The molecule has 94 valence electrons. The maximum Gasteiger partial charge on any atom is 0.224 e. The highest BCUT2D eigenvalue weighted by Crippen LogP contribution is 2.26. The summed E-state index contributed by atoms with van der Waals surface area (Å²) in [7, 11) is 1.72. The molecule has 0 fully saturated rings. The van der Waals surface area contributed by atoms with Gasteiger partial charge < -0.3 is 10.6 Å². The Balaban J connectivity index is 2.36. The molecule has 1 aromatic carbocycles. The lowest BCUT2D eigenvalue weighted by molar-refractivity contribution is 0.631. The van der Waals surface area contributed by atoms with E-state index in [0.717, 1.165) is 5.56 Å². The average Bonchev–Trinajstić information content (AvgIpc) is 2.36. The Kier molecular flexibility index (Phi) is 3.76. The monoisotopic (exact) mass is 310 g/mol. The van der Waals surface area contributed by atoms with Gasteiger partial charge in [-0.25, -0.2) is 9.37 Å². The van der Waals surface area contributed by atoms with Crippen LogP contribution in [0.2, 0.25) is 0 Å². The maximum absolute atomic E-state index is 13.6. The fourth-order valence-corrected chi connectivity index (χ4v) is 1.73. The van der Waals surface area contributed by atoms with Crippen LogP contribution in [0.1, 0.15) is 5.56 Å². The molecule has 0 spiro atoms. The van der Waals surface area contributed by atoms with Crippen molar-refractivity contribution in [2.24, 2.45) is 0 Å². The van der Waals surface area contributed by atoms with Gasteiger partial charge in [0.25, 0.3) is 0 Å². The van der Waals surface area contributed by atoms with Crippen LogP contribution < -0.4 is 10.6 Å². The fraction of sp³-hybridized carbons (Fsp3) is 0.167. The van der Waals surface area contributed by atoms with Gasteiger partial charge in [0.15, 0.2) is 0 Å². The second kappa shape index (κ2) is 5.30. The van der Waals surface area contributed by atoms with E-state index in [2.05, 4.69) is 36.5 Å². The number of nitrogens with one attached hydrogen (secondary N) is 2. The number of hydrogen-bond acceptors (Lipinski definition) is 4. The zero-order chi connectivity index (χ0) is 13.1. The molecular weight excluding hydrogens is 299 g/mol. The molecule has 2 aromatic rings. The Hall–Kier alpha value is -1.69. The summed E-state index contributed by atoms with van der Waals surface area (Å²) in [5.41, 5.74) is 1.36. The van der Waals surface area contributed by atoms with Crippen LogP contribution >= 0.6 is 15.9 Å². The van der Waals surface area contributed by atoms with Crippen molar-refractivity contribution in [3.63, 3.8) is 0 Å². The third kappa shape index (κ3) is 2.76. The van der Waals surface area contributed by atoms with E-state index in [4.69, 9.17) is 0 Å². The first kappa shape index (κ1) is 12.8. The first-order chi connectivity index (χ1) is 8.60. The topological polar surface area (TPSA) is 49.8 Å². The van der Waals surface area contributed by atoms with Crippen molar-refractivity contribution in [2.75, 3.05) is 17.7 Å². The Morgan fingerprint density at radius 2 is 2.11 bits per heavy atom. The van der Waals surface area contributed by atoms with E-state index < -0.39 is 0 Å². The van der Waals surface area contributed by atoms with Gasteiger partial charge in [0.2, 0.25) is 5.95 Å². The minimum absolute atomic E-state index is 0.322. The Labute approximate surface area is 113 Å². The summed E-state index contributed by atoms with van der Waals surface area (Å²) in [4.78, 5) is 8.25. The van der Waals surface area contributed by atoms with E-state index in [1.165, 1.54) is 6.07 Å². The molecule has 1 aromatic heterocycles. The Morgan fingerprint density at radius 1 is 1.33 bits per heavy atom. The number of benzene rings is 1. The van der Waals surface area contributed by atoms with Gasteiger partial charge in [0, 0.05) is 13.2 Å². The molecule has 0 saturated heterocycles. The first-order valence-corrected chi connectivity index (χ1v) is 6.13. The fourth-order valence-electron chi connectivity index (χ4n) is 1.44. The third-order valence-electron chi connectivity index (χ3n) is 2.34. The molecule has 18 heavy (non-hydrogen) atoms. The first-order valence-electron chi connectivity index (χ1n) is 5.33. The zero-order valence-corrected chi connectivity index (χ0v) is 11.5. The second-order valence-electron chi connectivity index (χ2n) is 3.75. The molecule has 6 heteroatoms. The summed E-state index contributed by atoms with van der Waals surface area (Å²) in [6, 6.07) is 4.86.